The van der Waals surface area contributed by atoms with Gasteiger partial charge in [0.1, 0.15) is 4.83 Å². The molecule has 1 aliphatic carbocycles. The molecule has 6 nitrogen and oxygen atoms in total. The van der Waals surface area contributed by atoms with Crippen LogP contribution in [-0.2, 0) is 19.4 Å². The van der Waals surface area contributed by atoms with Gasteiger partial charge in [0.15, 0.2) is 4.77 Å². The number of thiophene rings is 1. The average molecular weight is 324 g/mol. The fourth-order valence-electron chi connectivity index (χ4n) is 2.77. The van der Waals surface area contributed by atoms with Crippen LogP contribution in [0, 0.1) is 4.77 Å². The zero-order valence-electron chi connectivity index (χ0n) is 11.4. The molecule has 8 heteroatoms. The zero-order chi connectivity index (χ0) is 15.0. The van der Waals surface area contributed by atoms with E-state index < -0.39 is 6.03 Å². The molecule has 2 aromatic heterocycles. The van der Waals surface area contributed by atoms with Crippen LogP contribution in [0.3, 0.4) is 0 Å². The molecule has 0 spiro atoms. The number of rotatable bonds is 3. The monoisotopic (exact) mass is 324 g/mol. The molecule has 2 amide bonds. The first-order valence-corrected chi connectivity index (χ1v) is 8.11. The minimum Gasteiger partial charge on any atom is -0.352 e. The summed E-state index contributed by atoms with van der Waals surface area (Å²) < 4.78 is 1.88. The fourth-order valence-corrected chi connectivity index (χ4v) is 4.39. The van der Waals surface area contributed by atoms with Crippen molar-refractivity contribution >= 4 is 39.8 Å². The Morgan fingerprint density at radius 1 is 1.43 bits per heavy atom. The molecule has 0 saturated carbocycles. The molecule has 0 bridgehead atoms. The molecule has 0 radical (unpaired) electrons. The first kappa shape index (κ1) is 14.3. The van der Waals surface area contributed by atoms with E-state index in [0.29, 0.717) is 11.3 Å². The number of H-pyrrole nitrogens is 1. The van der Waals surface area contributed by atoms with Gasteiger partial charge in [-0.15, -0.1) is 11.3 Å². The maximum Gasteiger partial charge on any atom is 0.312 e. The zero-order valence-corrected chi connectivity index (χ0v) is 13.0. The Bertz CT molecular complexity index is 818. The lowest BCUT2D eigenvalue weighted by molar-refractivity contribution is 0.248. The van der Waals surface area contributed by atoms with Crippen LogP contribution in [0.1, 0.15) is 23.3 Å². The summed E-state index contributed by atoms with van der Waals surface area (Å²) in [6, 6.07) is -0.605. The van der Waals surface area contributed by atoms with Gasteiger partial charge in [-0.3, -0.25) is 9.36 Å². The lowest BCUT2D eigenvalue weighted by atomic mass is 9.97. The van der Waals surface area contributed by atoms with Crippen LogP contribution in [-0.4, -0.2) is 22.1 Å². The Labute approximate surface area is 130 Å². The number of hydrogen-bond acceptors (Lipinski definition) is 4. The summed E-state index contributed by atoms with van der Waals surface area (Å²) in [5, 5.41) is 3.24. The van der Waals surface area contributed by atoms with Crippen LogP contribution in [0.4, 0.5) is 4.79 Å². The van der Waals surface area contributed by atoms with E-state index in [1.165, 1.54) is 21.4 Å². The molecule has 0 aromatic carbocycles. The lowest BCUT2D eigenvalue weighted by Gasteiger charge is -2.11. The van der Waals surface area contributed by atoms with Gasteiger partial charge in [-0.05, 0) is 43.5 Å². The van der Waals surface area contributed by atoms with Gasteiger partial charge in [-0.25, -0.2) is 4.79 Å². The van der Waals surface area contributed by atoms with Gasteiger partial charge in [0.05, 0.1) is 5.39 Å². The SMILES string of the molecule is NC(=O)NCCn1c(=S)[nH]c2sc3c(c2c1=O)CCCC3. The number of carbonyl (C=O) groups excluding carboxylic acids is 1. The number of nitrogens with one attached hydrogen (secondary N) is 2. The first-order chi connectivity index (χ1) is 10.1. The van der Waals surface area contributed by atoms with Crippen molar-refractivity contribution in [3.8, 4) is 0 Å². The third kappa shape index (κ3) is 2.60. The minimum atomic E-state index is -0.605. The Morgan fingerprint density at radius 2 is 2.19 bits per heavy atom. The number of hydrogen-bond donors (Lipinski definition) is 3. The Balaban J connectivity index is 2.07. The molecule has 0 saturated heterocycles. The van der Waals surface area contributed by atoms with Crippen molar-refractivity contribution in [3.05, 3.63) is 25.6 Å². The van der Waals surface area contributed by atoms with Gasteiger partial charge in [-0.1, -0.05) is 0 Å². The van der Waals surface area contributed by atoms with Crippen molar-refractivity contribution in [2.75, 3.05) is 6.54 Å². The summed E-state index contributed by atoms with van der Waals surface area (Å²) in [4.78, 5) is 28.7. The third-order valence-electron chi connectivity index (χ3n) is 3.73. The fraction of sp³-hybridized carbons (Fsp3) is 0.462. The van der Waals surface area contributed by atoms with Gasteiger partial charge in [0.2, 0.25) is 0 Å². The van der Waals surface area contributed by atoms with Crippen molar-refractivity contribution in [1.29, 1.82) is 0 Å². The summed E-state index contributed by atoms with van der Waals surface area (Å²) in [5.74, 6) is 0. The molecule has 3 rings (SSSR count). The smallest absolute Gasteiger partial charge is 0.312 e. The number of urea groups is 1. The highest BCUT2D eigenvalue weighted by atomic mass is 32.1. The molecule has 0 aliphatic heterocycles. The molecule has 4 N–H and O–H groups in total. The van der Waals surface area contributed by atoms with Crippen molar-refractivity contribution in [3.63, 3.8) is 0 Å². The maximum absolute atomic E-state index is 12.7. The van der Waals surface area contributed by atoms with Gasteiger partial charge in [-0.2, -0.15) is 0 Å². The van der Waals surface area contributed by atoms with Crippen molar-refractivity contribution in [1.82, 2.24) is 14.9 Å². The molecule has 21 heavy (non-hydrogen) atoms. The second kappa shape index (κ2) is 5.61. The quantitative estimate of drug-likeness (QED) is 0.750. The van der Waals surface area contributed by atoms with E-state index in [2.05, 4.69) is 10.3 Å². The average Bonchev–Trinajstić information content (AvgIpc) is 2.80. The molecule has 2 aromatic rings. The second-order valence-corrected chi connectivity index (χ2v) is 6.58. The van der Waals surface area contributed by atoms with E-state index in [-0.39, 0.29) is 12.1 Å². The standard InChI is InChI=1S/C13H16N4O2S2/c14-12(19)15-5-6-17-11(18)9-7-3-1-2-4-8(7)21-10(9)16-13(17)20/h1-6H2,(H,16,20)(H3,14,15,19). The molecule has 1 aliphatic rings. The number of aryl methyl sites for hydroxylation is 2. The highest BCUT2D eigenvalue weighted by Crippen LogP contribution is 2.33. The highest BCUT2D eigenvalue weighted by Gasteiger charge is 2.19. The Hall–Kier alpha value is -1.67. The van der Waals surface area contributed by atoms with Crippen molar-refractivity contribution < 1.29 is 4.79 Å². The van der Waals surface area contributed by atoms with E-state index in [0.717, 1.165) is 29.5 Å². The predicted octanol–water partition coefficient (Wildman–Crippen LogP) is 1.67. The number of amides is 2. The van der Waals surface area contributed by atoms with E-state index in [4.69, 9.17) is 18.0 Å². The minimum absolute atomic E-state index is 0.0700. The molecular formula is C13H16N4O2S2. The second-order valence-electron chi connectivity index (χ2n) is 5.09. The number of nitrogens with two attached hydrogens (primary N) is 1. The third-order valence-corrected chi connectivity index (χ3v) is 5.26. The van der Waals surface area contributed by atoms with Crippen molar-refractivity contribution in [2.24, 2.45) is 5.73 Å². The van der Waals surface area contributed by atoms with Crippen LogP contribution in [0.5, 0.6) is 0 Å². The number of carbonyl (C=O) groups is 1. The lowest BCUT2D eigenvalue weighted by Crippen LogP contribution is -2.34. The van der Waals surface area contributed by atoms with Gasteiger partial charge < -0.3 is 16.0 Å². The Kier molecular flexibility index (Phi) is 3.81. The normalized spacial score (nSPS) is 14.1. The number of aromatic amines is 1. The van der Waals surface area contributed by atoms with Gasteiger partial charge >= 0.3 is 6.03 Å². The summed E-state index contributed by atoms with van der Waals surface area (Å²) in [7, 11) is 0. The summed E-state index contributed by atoms with van der Waals surface area (Å²) in [6.45, 7) is 0.599. The largest absolute Gasteiger partial charge is 0.352 e. The predicted molar refractivity (Wildman–Crippen MR) is 85.5 cm³/mol. The van der Waals surface area contributed by atoms with E-state index >= 15 is 0 Å². The number of primary amides is 1. The molecule has 0 fully saturated rings. The van der Waals surface area contributed by atoms with E-state index in [1.807, 2.05) is 0 Å². The number of fused-ring (bicyclic) bond motifs is 3. The van der Waals surface area contributed by atoms with Crippen LogP contribution in [0.2, 0.25) is 0 Å². The summed E-state index contributed by atoms with van der Waals surface area (Å²) in [5.41, 5.74) is 6.13. The van der Waals surface area contributed by atoms with Gasteiger partial charge in [0.25, 0.3) is 5.56 Å². The van der Waals surface area contributed by atoms with Crippen LogP contribution < -0.4 is 16.6 Å². The van der Waals surface area contributed by atoms with Crippen LogP contribution in [0.15, 0.2) is 4.79 Å². The topological polar surface area (TPSA) is 92.9 Å². The van der Waals surface area contributed by atoms with Crippen molar-refractivity contribution in [2.45, 2.75) is 32.2 Å². The number of nitrogens with zero attached hydrogens (tertiary/aromatic N) is 1. The Morgan fingerprint density at radius 3 is 2.95 bits per heavy atom. The molecule has 0 atom stereocenters. The molecule has 112 valence electrons. The summed E-state index contributed by atoms with van der Waals surface area (Å²) >= 11 is 6.90. The highest BCUT2D eigenvalue weighted by molar-refractivity contribution is 7.71. The van der Waals surface area contributed by atoms with Crippen LogP contribution >= 0.6 is 23.6 Å². The summed E-state index contributed by atoms with van der Waals surface area (Å²) in [6.07, 6.45) is 4.29. The molecule has 2 heterocycles. The first-order valence-electron chi connectivity index (χ1n) is 6.88. The van der Waals surface area contributed by atoms with E-state index in [9.17, 15) is 9.59 Å². The molecular weight excluding hydrogens is 308 g/mol. The van der Waals surface area contributed by atoms with Gasteiger partial charge in [0, 0.05) is 18.0 Å². The van der Waals surface area contributed by atoms with Crippen LogP contribution in [0.25, 0.3) is 10.2 Å². The van der Waals surface area contributed by atoms with E-state index in [1.54, 1.807) is 11.3 Å². The molecule has 0 unspecified atom stereocenters. The number of aromatic nitrogens is 2. The maximum atomic E-state index is 12.7.